The number of nitrogens with one attached hydrogen (secondary N) is 1. The van der Waals surface area contributed by atoms with Crippen LogP contribution < -0.4 is 10.9 Å². The van der Waals surface area contributed by atoms with Crippen LogP contribution in [0, 0.1) is 6.92 Å². The molecule has 0 aliphatic carbocycles. The van der Waals surface area contributed by atoms with Gasteiger partial charge >= 0.3 is 0 Å². The lowest BCUT2D eigenvalue weighted by molar-refractivity contribution is 0.0943. The number of aryl methyl sites for hydroxylation is 1. The highest BCUT2D eigenvalue weighted by molar-refractivity contribution is 5.96. The SMILES string of the molecule is Cc1ccc2nc(O)c(C(=O)NCc3ccco3)c(=O)n2c1. The minimum atomic E-state index is -0.706. The Balaban J connectivity index is 1.99. The first-order valence-corrected chi connectivity index (χ1v) is 6.59. The number of hydrogen-bond donors (Lipinski definition) is 2. The van der Waals surface area contributed by atoms with Crippen LogP contribution in [-0.4, -0.2) is 20.4 Å². The van der Waals surface area contributed by atoms with Crippen molar-refractivity contribution in [3.05, 3.63) is 64.0 Å². The summed E-state index contributed by atoms with van der Waals surface area (Å²) in [7, 11) is 0. The van der Waals surface area contributed by atoms with Gasteiger partial charge in [-0.25, -0.2) is 0 Å². The average molecular weight is 299 g/mol. The van der Waals surface area contributed by atoms with E-state index >= 15 is 0 Å². The van der Waals surface area contributed by atoms with Crippen LogP contribution in [0.1, 0.15) is 21.7 Å². The first-order valence-electron chi connectivity index (χ1n) is 6.59. The highest BCUT2D eigenvalue weighted by Gasteiger charge is 2.19. The molecule has 3 aromatic heterocycles. The monoisotopic (exact) mass is 299 g/mol. The van der Waals surface area contributed by atoms with Gasteiger partial charge in [-0.2, -0.15) is 4.98 Å². The predicted octanol–water partition coefficient (Wildman–Crippen LogP) is 1.23. The Hall–Kier alpha value is -3.09. The zero-order valence-corrected chi connectivity index (χ0v) is 11.7. The molecule has 0 aliphatic heterocycles. The third kappa shape index (κ3) is 2.44. The van der Waals surface area contributed by atoms with Crippen LogP contribution in [0.2, 0.25) is 0 Å². The lowest BCUT2D eigenvalue weighted by atomic mass is 10.2. The van der Waals surface area contributed by atoms with Gasteiger partial charge in [0.05, 0.1) is 12.8 Å². The van der Waals surface area contributed by atoms with Gasteiger partial charge in [-0.05, 0) is 30.7 Å². The van der Waals surface area contributed by atoms with Crippen LogP contribution in [-0.2, 0) is 6.54 Å². The Labute approximate surface area is 124 Å². The van der Waals surface area contributed by atoms with Gasteiger partial charge in [-0.15, -0.1) is 0 Å². The van der Waals surface area contributed by atoms with Crippen LogP contribution in [0.5, 0.6) is 5.88 Å². The summed E-state index contributed by atoms with van der Waals surface area (Å²) in [5.41, 5.74) is 0.0949. The van der Waals surface area contributed by atoms with E-state index in [2.05, 4.69) is 10.3 Å². The topological polar surface area (TPSA) is 96.8 Å². The van der Waals surface area contributed by atoms with E-state index in [9.17, 15) is 14.7 Å². The molecule has 0 saturated carbocycles. The summed E-state index contributed by atoms with van der Waals surface area (Å²) in [6.07, 6.45) is 3.04. The van der Waals surface area contributed by atoms with E-state index in [0.29, 0.717) is 5.76 Å². The van der Waals surface area contributed by atoms with Crippen molar-refractivity contribution in [2.75, 3.05) is 0 Å². The fourth-order valence-electron chi connectivity index (χ4n) is 2.10. The summed E-state index contributed by atoms with van der Waals surface area (Å²) in [6.45, 7) is 1.93. The maximum atomic E-state index is 12.4. The molecule has 0 radical (unpaired) electrons. The van der Waals surface area contributed by atoms with Crippen molar-refractivity contribution in [1.29, 1.82) is 0 Å². The largest absolute Gasteiger partial charge is 0.493 e. The fraction of sp³-hybridized carbons (Fsp3) is 0.133. The van der Waals surface area contributed by atoms with Gasteiger partial charge in [0.25, 0.3) is 11.5 Å². The molecule has 1 amide bonds. The maximum absolute atomic E-state index is 12.4. The van der Waals surface area contributed by atoms with Gasteiger partial charge < -0.3 is 14.8 Å². The van der Waals surface area contributed by atoms with E-state index in [-0.39, 0.29) is 12.2 Å². The highest BCUT2D eigenvalue weighted by Crippen LogP contribution is 2.12. The molecular formula is C15H13N3O4. The molecule has 7 heteroatoms. The maximum Gasteiger partial charge on any atom is 0.274 e. The summed E-state index contributed by atoms with van der Waals surface area (Å²) in [4.78, 5) is 28.4. The second kappa shape index (κ2) is 5.36. The molecule has 0 aliphatic rings. The van der Waals surface area contributed by atoms with Crippen molar-refractivity contribution in [3.63, 3.8) is 0 Å². The zero-order chi connectivity index (χ0) is 15.7. The van der Waals surface area contributed by atoms with E-state index in [1.165, 1.54) is 10.7 Å². The molecule has 0 fully saturated rings. The van der Waals surface area contributed by atoms with Gasteiger partial charge in [0, 0.05) is 6.20 Å². The van der Waals surface area contributed by atoms with Gasteiger partial charge in [0.1, 0.15) is 11.4 Å². The molecule has 0 saturated heterocycles. The van der Waals surface area contributed by atoms with E-state index in [1.54, 1.807) is 30.5 Å². The van der Waals surface area contributed by atoms with Gasteiger partial charge in [0.15, 0.2) is 5.56 Å². The molecule has 3 aromatic rings. The molecule has 0 atom stereocenters. The second-order valence-corrected chi connectivity index (χ2v) is 4.81. The smallest absolute Gasteiger partial charge is 0.274 e. The van der Waals surface area contributed by atoms with Crippen LogP contribution in [0.4, 0.5) is 0 Å². The number of aromatic hydroxyl groups is 1. The van der Waals surface area contributed by atoms with E-state index in [1.807, 2.05) is 6.92 Å². The Morgan fingerprint density at radius 1 is 1.41 bits per heavy atom. The predicted molar refractivity (Wildman–Crippen MR) is 77.7 cm³/mol. The molecule has 2 N–H and O–H groups in total. The summed E-state index contributed by atoms with van der Waals surface area (Å²) in [6, 6.07) is 6.74. The number of pyridine rings is 1. The minimum absolute atomic E-state index is 0.112. The van der Waals surface area contributed by atoms with Crippen LogP contribution in [0.25, 0.3) is 5.65 Å². The Bertz CT molecular complexity index is 897. The van der Waals surface area contributed by atoms with Gasteiger partial charge in [-0.3, -0.25) is 14.0 Å². The average Bonchev–Trinajstić information content (AvgIpc) is 2.99. The third-order valence-corrected chi connectivity index (χ3v) is 3.18. The highest BCUT2D eigenvalue weighted by atomic mass is 16.3. The van der Waals surface area contributed by atoms with Crippen molar-refractivity contribution in [2.24, 2.45) is 0 Å². The standard InChI is InChI=1S/C15H13N3O4/c1-9-4-5-11-17-14(20)12(15(21)18(11)8-9)13(19)16-7-10-3-2-6-22-10/h2-6,8,20H,7H2,1H3,(H,16,19). The number of carbonyl (C=O) groups excluding carboxylic acids is 1. The number of rotatable bonds is 3. The molecule has 0 bridgehead atoms. The lowest BCUT2D eigenvalue weighted by Crippen LogP contribution is -2.31. The van der Waals surface area contributed by atoms with Gasteiger partial charge in [0.2, 0.25) is 5.88 Å². The Morgan fingerprint density at radius 3 is 2.95 bits per heavy atom. The molecule has 0 spiro atoms. The van der Waals surface area contributed by atoms with E-state index in [4.69, 9.17) is 4.42 Å². The molecule has 3 heterocycles. The number of furan rings is 1. The van der Waals surface area contributed by atoms with E-state index in [0.717, 1.165) is 5.56 Å². The van der Waals surface area contributed by atoms with Crippen LogP contribution >= 0.6 is 0 Å². The number of hydrogen-bond acceptors (Lipinski definition) is 5. The molecule has 3 rings (SSSR count). The Morgan fingerprint density at radius 2 is 2.23 bits per heavy atom. The van der Waals surface area contributed by atoms with Gasteiger partial charge in [-0.1, -0.05) is 6.07 Å². The second-order valence-electron chi connectivity index (χ2n) is 4.81. The normalized spacial score (nSPS) is 10.8. The summed E-state index contributed by atoms with van der Waals surface area (Å²) < 4.78 is 6.32. The number of amides is 1. The number of carbonyl (C=O) groups is 1. The quantitative estimate of drug-likeness (QED) is 0.758. The fourth-order valence-corrected chi connectivity index (χ4v) is 2.10. The first-order chi connectivity index (χ1) is 10.6. The van der Waals surface area contributed by atoms with Crippen molar-refractivity contribution in [2.45, 2.75) is 13.5 Å². The van der Waals surface area contributed by atoms with Crippen molar-refractivity contribution in [3.8, 4) is 5.88 Å². The van der Waals surface area contributed by atoms with Crippen molar-refractivity contribution >= 4 is 11.6 Å². The molecule has 22 heavy (non-hydrogen) atoms. The number of fused-ring (bicyclic) bond motifs is 1. The molecule has 0 unspecified atom stereocenters. The first kappa shape index (κ1) is 13.9. The Kier molecular flexibility index (Phi) is 3.38. The number of aromatic nitrogens is 2. The summed E-state index contributed by atoms with van der Waals surface area (Å²) >= 11 is 0. The molecule has 7 nitrogen and oxygen atoms in total. The zero-order valence-electron chi connectivity index (χ0n) is 11.7. The summed E-state index contributed by atoms with van der Waals surface area (Å²) in [5, 5.41) is 12.4. The summed E-state index contributed by atoms with van der Waals surface area (Å²) in [5.74, 6) is -0.759. The molecule has 112 valence electrons. The third-order valence-electron chi connectivity index (χ3n) is 3.18. The van der Waals surface area contributed by atoms with Crippen LogP contribution in [0.3, 0.4) is 0 Å². The minimum Gasteiger partial charge on any atom is -0.493 e. The molecule has 0 aromatic carbocycles. The van der Waals surface area contributed by atoms with Crippen molar-refractivity contribution < 1.29 is 14.3 Å². The lowest BCUT2D eigenvalue weighted by Gasteiger charge is -2.07. The molecular weight excluding hydrogens is 286 g/mol. The van der Waals surface area contributed by atoms with Crippen molar-refractivity contribution in [1.82, 2.24) is 14.7 Å². The van der Waals surface area contributed by atoms with E-state index < -0.39 is 22.9 Å². The number of nitrogens with zero attached hydrogens (tertiary/aromatic N) is 2. The van der Waals surface area contributed by atoms with Crippen LogP contribution in [0.15, 0.2) is 45.9 Å².